The minimum absolute atomic E-state index is 0.272. The lowest BCUT2D eigenvalue weighted by atomic mass is 10.2. The van der Waals surface area contributed by atoms with Crippen LogP contribution in [0.5, 0.6) is 0 Å². The number of rotatable bonds is 2. The van der Waals surface area contributed by atoms with Gasteiger partial charge in [0.15, 0.2) is 5.82 Å². The van der Waals surface area contributed by atoms with E-state index in [1.165, 1.54) is 4.90 Å². The first-order valence-corrected chi connectivity index (χ1v) is 5.34. The molecular weight excluding hydrogens is 196 g/mol. The average Bonchev–Trinajstić information content (AvgIpc) is 2.65. The van der Waals surface area contributed by atoms with Gasteiger partial charge in [0.1, 0.15) is 0 Å². The van der Waals surface area contributed by atoms with Crippen molar-refractivity contribution in [1.29, 1.82) is 0 Å². The summed E-state index contributed by atoms with van der Waals surface area (Å²) in [6.45, 7) is 0. The van der Waals surface area contributed by atoms with Crippen LogP contribution in [0.4, 0.5) is 5.95 Å². The van der Waals surface area contributed by atoms with Gasteiger partial charge in [0.05, 0.1) is 0 Å². The highest BCUT2D eigenvalue weighted by Gasteiger charge is 2.02. The van der Waals surface area contributed by atoms with E-state index < -0.39 is 0 Å². The Morgan fingerprint density at radius 3 is 2.50 bits per heavy atom. The molecule has 72 valence electrons. The number of H-pyrrole nitrogens is 1. The molecular formula is C9H10N4S. The molecule has 0 saturated heterocycles. The number of nitrogen functional groups attached to an aromatic ring is 1. The van der Waals surface area contributed by atoms with Gasteiger partial charge in [-0.05, 0) is 18.4 Å². The van der Waals surface area contributed by atoms with Crippen LogP contribution in [0.1, 0.15) is 0 Å². The molecule has 0 aliphatic rings. The molecule has 0 spiro atoms. The molecule has 14 heavy (non-hydrogen) atoms. The van der Waals surface area contributed by atoms with Crippen molar-refractivity contribution in [2.45, 2.75) is 4.90 Å². The van der Waals surface area contributed by atoms with E-state index in [0.717, 1.165) is 5.56 Å². The van der Waals surface area contributed by atoms with Gasteiger partial charge in [-0.15, -0.1) is 16.9 Å². The third-order valence-corrected chi connectivity index (χ3v) is 2.61. The van der Waals surface area contributed by atoms with E-state index in [9.17, 15) is 0 Å². The maximum atomic E-state index is 5.41. The first kappa shape index (κ1) is 9.08. The predicted octanol–water partition coefficient (Wildman–Crippen LogP) is 1.78. The van der Waals surface area contributed by atoms with Crippen LogP contribution in [-0.4, -0.2) is 21.4 Å². The zero-order valence-electron chi connectivity index (χ0n) is 7.69. The highest BCUT2D eigenvalue weighted by Crippen LogP contribution is 2.20. The smallest absolute Gasteiger partial charge is 0.239 e. The van der Waals surface area contributed by atoms with Gasteiger partial charge in [-0.3, -0.25) is 5.10 Å². The Morgan fingerprint density at radius 2 is 2.00 bits per heavy atom. The van der Waals surface area contributed by atoms with Crippen LogP contribution in [0.15, 0.2) is 29.2 Å². The summed E-state index contributed by atoms with van der Waals surface area (Å²) in [4.78, 5) is 5.26. The number of nitrogens with two attached hydrogens (primary N) is 1. The zero-order chi connectivity index (χ0) is 9.97. The fourth-order valence-corrected chi connectivity index (χ4v) is 1.56. The Morgan fingerprint density at radius 1 is 1.29 bits per heavy atom. The number of aromatic nitrogens is 3. The molecule has 1 heterocycles. The molecule has 0 fully saturated rings. The number of benzene rings is 1. The van der Waals surface area contributed by atoms with E-state index in [2.05, 4.69) is 15.2 Å². The van der Waals surface area contributed by atoms with Crippen LogP contribution < -0.4 is 5.73 Å². The quantitative estimate of drug-likeness (QED) is 0.735. The molecule has 0 unspecified atom stereocenters. The molecule has 5 heteroatoms. The number of thioether (sulfide) groups is 1. The van der Waals surface area contributed by atoms with Gasteiger partial charge in [-0.1, -0.05) is 12.1 Å². The van der Waals surface area contributed by atoms with Crippen molar-refractivity contribution in [3.05, 3.63) is 24.3 Å². The van der Waals surface area contributed by atoms with Gasteiger partial charge in [-0.2, -0.15) is 4.98 Å². The van der Waals surface area contributed by atoms with E-state index in [0.29, 0.717) is 5.82 Å². The molecule has 1 aromatic carbocycles. The van der Waals surface area contributed by atoms with Crippen molar-refractivity contribution in [1.82, 2.24) is 15.2 Å². The molecule has 0 bridgehead atoms. The zero-order valence-corrected chi connectivity index (χ0v) is 8.51. The summed E-state index contributed by atoms with van der Waals surface area (Å²) in [6.07, 6.45) is 2.04. The second kappa shape index (κ2) is 3.71. The van der Waals surface area contributed by atoms with Crippen molar-refractivity contribution in [3.8, 4) is 11.4 Å². The Bertz CT molecular complexity index is 421. The van der Waals surface area contributed by atoms with Crippen LogP contribution in [-0.2, 0) is 0 Å². The van der Waals surface area contributed by atoms with Gasteiger partial charge in [-0.25, -0.2) is 0 Å². The largest absolute Gasteiger partial charge is 0.366 e. The van der Waals surface area contributed by atoms with E-state index in [4.69, 9.17) is 5.73 Å². The first-order chi connectivity index (χ1) is 6.79. The SMILES string of the molecule is CSc1ccc(-c2nc(N)n[nH]2)cc1. The minimum Gasteiger partial charge on any atom is -0.366 e. The Kier molecular flexibility index (Phi) is 2.41. The monoisotopic (exact) mass is 206 g/mol. The molecule has 0 saturated carbocycles. The summed E-state index contributed by atoms with van der Waals surface area (Å²) in [6, 6.07) is 8.06. The van der Waals surface area contributed by atoms with Crippen LogP contribution in [0.2, 0.25) is 0 Å². The highest BCUT2D eigenvalue weighted by molar-refractivity contribution is 7.98. The number of nitrogens with zero attached hydrogens (tertiary/aromatic N) is 2. The molecule has 2 aromatic rings. The summed E-state index contributed by atoms with van der Waals surface area (Å²) in [5, 5.41) is 6.54. The predicted molar refractivity (Wildman–Crippen MR) is 58.0 cm³/mol. The maximum Gasteiger partial charge on any atom is 0.239 e. The van der Waals surface area contributed by atoms with Crippen LogP contribution in [0.25, 0.3) is 11.4 Å². The van der Waals surface area contributed by atoms with Gasteiger partial charge in [0.2, 0.25) is 5.95 Å². The molecule has 2 rings (SSSR count). The van der Waals surface area contributed by atoms with Crippen LogP contribution in [0, 0.1) is 0 Å². The van der Waals surface area contributed by atoms with Crippen molar-refractivity contribution in [3.63, 3.8) is 0 Å². The summed E-state index contributed by atoms with van der Waals surface area (Å²) in [7, 11) is 0. The van der Waals surface area contributed by atoms with Crippen molar-refractivity contribution in [2.24, 2.45) is 0 Å². The van der Waals surface area contributed by atoms with Crippen molar-refractivity contribution < 1.29 is 0 Å². The number of hydrogen-bond acceptors (Lipinski definition) is 4. The second-order valence-corrected chi connectivity index (χ2v) is 3.65. The van der Waals surface area contributed by atoms with Crippen molar-refractivity contribution >= 4 is 17.7 Å². The summed E-state index contributed by atoms with van der Waals surface area (Å²) >= 11 is 1.71. The summed E-state index contributed by atoms with van der Waals surface area (Å²) in [5.41, 5.74) is 6.41. The average molecular weight is 206 g/mol. The molecule has 0 amide bonds. The topological polar surface area (TPSA) is 67.6 Å². The first-order valence-electron chi connectivity index (χ1n) is 4.12. The number of anilines is 1. The lowest BCUT2D eigenvalue weighted by Crippen LogP contribution is -1.85. The summed E-state index contributed by atoms with van der Waals surface area (Å²) < 4.78 is 0. The standard InChI is InChI=1S/C9H10N4S/c1-14-7-4-2-6(3-5-7)8-11-9(10)13-12-8/h2-5H,1H3,(H3,10,11,12,13). The van der Waals surface area contributed by atoms with E-state index >= 15 is 0 Å². The lowest BCUT2D eigenvalue weighted by molar-refractivity contribution is 1.10. The molecule has 0 atom stereocenters. The third kappa shape index (κ3) is 1.72. The van der Waals surface area contributed by atoms with Crippen LogP contribution in [0.3, 0.4) is 0 Å². The third-order valence-electron chi connectivity index (χ3n) is 1.87. The molecule has 0 aliphatic heterocycles. The number of hydrogen-bond donors (Lipinski definition) is 2. The van der Waals surface area contributed by atoms with E-state index in [1.54, 1.807) is 11.8 Å². The van der Waals surface area contributed by atoms with E-state index in [1.807, 2.05) is 30.5 Å². The van der Waals surface area contributed by atoms with Crippen molar-refractivity contribution in [2.75, 3.05) is 12.0 Å². The fraction of sp³-hybridized carbons (Fsp3) is 0.111. The van der Waals surface area contributed by atoms with Gasteiger partial charge in [0.25, 0.3) is 0 Å². The Balaban J connectivity index is 2.33. The molecule has 1 aromatic heterocycles. The molecule has 4 nitrogen and oxygen atoms in total. The van der Waals surface area contributed by atoms with Crippen LogP contribution >= 0.6 is 11.8 Å². The Hall–Kier alpha value is -1.49. The van der Waals surface area contributed by atoms with Gasteiger partial charge < -0.3 is 5.73 Å². The lowest BCUT2D eigenvalue weighted by Gasteiger charge is -1.97. The van der Waals surface area contributed by atoms with E-state index in [-0.39, 0.29) is 5.95 Å². The molecule has 3 N–H and O–H groups in total. The maximum absolute atomic E-state index is 5.41. The number of aromatic amines is 1. The second-order valence-electron chi connectivity index (χ2n) is 2.77. The fourth-order valence-electron chi connectivity index (χ4n) is 1.15. The highest BCUT2D eigenvalue weighted by atomic mass is 32.2. The summed E-state index contributed by atoms with van der Waals surface area (Å²) in [5.74, 6) is 0.976. The molecule has 0 radical (unpaired) electrons. The number of nitrogens with one attached hydrogen (secondary N) is 1. The Labute approximate surface area is 85.9 Å². The normalized spacial score (nSPS) is 10.4. The molecule has 0 aliphatic carbocycles. The van der Waals surface area contributed by atoms with Gasteiger partial charge in [0, 0.05) is 10.5 Å². The minimum atomic E-state index is 0.272. The van der Waals surface area contributed by atoms with Gasteiger partial charge >= 0.3 is 0 Å².